The number of carbonyl (C=O) groups is 1. The zero-order valence-electron chi connectivity index (χ0n) is 23.0. The number of anilines is 1. The Kier molecular flexibility index (Phi) is 6.84. The SMILES string of the molecule is Cc1nn(C)c(C)c1S(=O)(=O)N1CCC(C(=O)N2CCCC2)[C@H]1N1CCN(c2ccnc3ccccc23)CC1. The molecular formula is C28H37N7O3S. The monoisotopic (exact) mass is 551 g/mol. The normalized spacial score (nSPS) is 23.3. The molecule has 2 atom stereocenters. The van der Waals surface area contributed by atoms with Crippen molar-refractivity contribution in [2.75, 3.05) is 50.7 Å². The van der Waals surface area contributed by atoms with Crippen molar-refractivity contribution >= 4 is 32.5 Å². The van der Waals surface area contributed by atoms with Crippen molar-refractivity contribution in [2.24, 2.45) is 13.0 Å². The zero-order chi connectivity index (χ0) is 27.3. The number of aryl methyl sites for hydroxylation is 2. The standard InChI is InChI=1S/C28H37N7O3S/c1-20-26(21(2)31(3)30-20)39(37,38)35-15-11-23(28(36)34-13-6-7-14-34)27(35)33-18-16-32(17-19-33)25-10-12-29-24-9-5-4-8-22(24)25/h4-5,8-10,12,23,27H,6-7,11,13-19H2,1-3H3/t23?,27-/m0/s1. The summed E-state index contributed by atoms with van der Waals surface area (Å²) in [5.74, 6) is -0.277. The van der Waals surface area contributed by atoms with Crippen molar-refractivity contribution in [3.63, 3.8) is 0 Å². The molecule has 3 fully saturated rings. The molecule has 3 aromatic rings. The lowest BCUT2D eigenvalue weighted by molar-refractivity contribution is -0.137. The molecular weight excluding hydrogens is 514 g/mol. The first kappa shape index (κ1) is 26.2. The maximum absolute atomic E-state index is 14.2. The van der Waals surface area contributed by atoms with Crippen LogP contribution >= 0.6 is 0 Å². The van der Waals surface area contributed by atoms with Gasteiger partial charge in [0.05, 0.1) is 29.0 Å². The Hall–Kier alpha value is -3.02. The Morgan fingerprint density at radius 2 is 1.67 bits per heavy atom. The van der Waals surface area contributed by atoms with Crippen molar-refractivity contribution in [3.8, 4) is 0 Å². The highest BCUT2D eigenvalue weighted by molar-refractivity contribution is 7.89. The highest BCUT2D eigenvalue weighted by Gasteiger charge is 2.50. The van der Waals surface area contributed by atoms with Crippen LogP contribution in [0, 0.1) is 19.8 Å². The number of nitrogens with zero attached hydrogens (tertiary/aromatic N) is 7. The van der Waals surface area contributed by atoms with E-state index < -0.39 is 16.2 Å². The minimum atomic E-state index is -3.85. The van der Waals surface area contributed by atoms with Gasteiger partial charge in [0.1, 0.15) is 4.90 Å². The summed E-state index contributed by atoms with van der Waals surface area (Å²) >= 11 is 0. The summed E-state index contributed by atoms with van der Waals surface area (Å²) in [6.45, 7) is 8.22. The molecule has 0 N–H and O–H groups in total. The summed E-state index contributed by atoms with van der Waals surface area (Å²) < 4.78 is 31.6. The largest absolute Gasteiger partial charge is 0.368 e. The third-order valence-corrected chi connectivity index (χ3v) is 10.8. The van der Waals surface area contributed by atoms with Crippen LogP contribution in [0.4, 0.5) is 5.69 Å². The van der Waals surface area contributed by atoms with Crippen LogP contribution in [0.2, 0.25) is 0 Å². The van der Waals surface area contributed by atoms with Gasteiger partial charge < -0.3 is 9.80 Å². The van der Waals surface area contributed by atoms with Gasteiger partial charge in [-0.25, -0.2) is 8.42 Å². The predicted octanol–water partition coefficient (Wildman–Crippen LogP) is 2.37. The second kappa shape index (κ2) is 10.2. The summed E-state index contributed by atoms with van der Waals surface area (Å²) in [6, 6.07) is 10.2. The highest BCUT2D eigenvalue weighted by Crippen LogP contribution is 2.37. The maximum atomic E-state index is 14.2. The Morgan fingerprint density at radius 1 is 0.949 bits per heavy atom. The van der Waals surface area contributed by atoms with Crippen LogP contribution in [-0.2, 0) is 21.9 Å². The van der Waals surface area contributed by atoms with Gasteiger partial charge in [-0.1, -0.05) is 18.2 Å². The first-order chi connectivity index (χ1) is 18.8. The molecule has 39 heavy (non-hydrogen) atoms. The number of sulfonamides is 1. The fourth-order valence-electron chi connectivity index (χ4n) is 6.70. The predicted molar refractivity (Wildman–Crippen MR) is 150 cm³/mol. The summed E-state index contributed by atoms with van der Waals surface area (Å²) in [4.78, 5) is 25.0. The van der Waals surface area contributed by atoms with Gasteiger partial charge in [-0.15, -0.1) is 0 Å². The molecule has 2 aromatic heterocycles. The van der Waals surface area contributed by atoms with Crippen molar-refractivity contribution in [3.05, 3.63) is 47.9 Å². The number of aromatic nitrogens is 3. The molecule has 3 aliphatic heterocycles. The van der Waals surface area contributed by atoms with E-state index in [9.17, 15) is 13.2 Å². The number of benzene rings is 1. The number of hydrogen-bond acceptors (Lipinski definition) is 7. The number of likely N-dealkylation sites (tertiary alicyclic amines) is 1. The molecule has 1 unspecified atom stereocenters. The quantitative estimate of drug-likeness (QED) is 0.481. The Bertz CT molecular complexity index is 1480. The molecule has 6 rings (SSSR count). The number of pyridine rings is 1. The van der Waals surface area contributed by atoms with Gasteiger partial charge in [-0.05, 0) is 45.2 Å². The highest BCUT2D eigenvalue weighted by atomic mass is 32.2. The molecule has 1 amide bonds. The number of carbonyl (C=O) groups excluding carboxylic acids is 1. The van der Waals surface area contributed by atoms with E-state index in [2.05, 4.69) is 32.0 Å². The van der Waals surface area contributed by atoms with Gasteiger partial charge in [0.15, 0.2) is 0 Å². The van der Waals surface area contributed by atoms with E-state index in [0.29, 0.717) is 37.4 Å². The number of rotatable bonds is 5. The lowest BCUT2D eigenvalue weighted by Crippen LogP contribution is -2.58. The van der Waals surface area contributed by atoms with Gasteiger partial charge in [0.25, 0.3) is 0 Å². The fourth-order valence-corrected chi connectivity index (χ4v) is 8.76. The van der Waals surface area contributed by atoms with Crippen LogP contribution in [0.25, 0.3) is 10.9 Å². The van der Waals surface area contributed by atoms with Crippen molar-refractivity contribution in [2.45, 2.75) is 44.2 Å². The molecule has 3 saturated heterocycles. The summed E-state index contributed by atoms with van der Waals surface area (Å²) in [5, 5.41) is 5.50. The van der Waals surface area contributed by atoms with Gasteiger partial charge in [-0.2, -0.15) is 9.40 Å². The van der Waals surface area contributed by atoms with Crippen molar-refractivity contribution < 1.29 is 13.2 Å². The number of amides is 1. The van der Waals surface area contributed by atoms with E-state index in [1.807, 2.05) is 29.3 Å². The van der Waals surface area contributed by atoms with Gasteiger partial charge in [0, 0.05) is 70.1 Å². The molecule has 0 saturated carbocycles. The first-order valence-electron chi connectivity index (χ1n) is 13.9. The molecule has 0 radical (unpaired) electrons. The molecule has 5 heterocycles. The summed E-state index contributed by atoms with van der Waals surface area (Å²) in [6.07, 6.45) is 3.90. The number of para-hydroxylation sites is 1. The fraction of sp³-hybridized carbons (Fsp3) is 0.536. The van der Waals surface area contributed by atoms with Gasteiger partial charge in [0.2, 0.25) is 15.9 Å². The number of hydrogen-bond donors (Lipinski definition) is 0. The molecule has 208 valence electrons. The minimum Gasteiger partial charge on any atom is -0.368 e. The lowest BCUT2D eigenvalue weighted by Gasteiger charge is -2.43. The third kappa shape index (κ3) is 4.50. The second-order valence-corrected chi connectivity index (χ2v) is 12.8. The topological polar surface area (TPSA) is 94.9 Å². The van der Waals surface area contributed by atoms with Crippen molar-refractivity contribution in [1.29, 1.82) is 0 Å². The van der Waals surface area contributed by atoms with E-state index in [-0.39, 0.29) is 16.7 Å². The lowest BCUT2D eigenvalue weighted by atomic mass is 10.0. The average molecular weight is 552 g/mol. The van der Waals surface area contributed by atoms with Gasteiger partial charge in [-0.3, -0.25) is 19.4 Å². The molecule has 10 nitrogen and oxygen atoms in total. The molecule has 3 aliphatic rings. The number of piperazine rings is 1. The summed E-state index contributed by atoms with van der Waals surface area (Å²) in [5.41, 5.74) is 3.22. The molecule has 11 heteroatoms. The molecule has 0 bridgehead atoms. The Balaban J connectivity index is 1.30. The Morgan fingerprint density at radius 3 is 2.36 bits per heavy atom. The maximum Gasteiger partial charge on any atom is 0.248 e. The molecule has 0 spiro atoms. The van der Waals surface area contributed by atoms with Gasteiger partial charge >= 0.3 is 0 Å². The van der Waals surface area contributed by atoms with Crippen LogP contribution < -0.4 is 4.90 Å². The second-order valence-electron chi connectivity index (χ2n) is 11.0. The van der Waals surface area contributed by atoms with Crippen LogP contribution in [0.15, 0.2) is 41.4 Å². The first-order valence-corrected chi connectivity index (χ1v) is 15.3. The van der Waals surface area contributed by atoms with Crippen LogP contribution in [-0.4, -0.2) is 95.2 Å². The van der Waals surface area contributed by atoms with E-state index in [1.165, 1.54) is 0 Å². The minimum absolute atomic E-state index is 0.0948. The molecule has 0 aliphatic carbocycles. The van der Waals surface area contributed by atoms with E-state index >= 15 is 0 Å². The Labute approximate surface area is 230 Å². The number of fused-ring (bicyclic) bond motifs is 1. The van der Waals surface area contributed by atoms with Crippen molar-refractivity contribution in [1.82, 2.24) is 28.9 Å². The van der Waals surface area contributed by atoms with E-state index in [4.69, 9.17) is 0 Å². The van der Waals surface area contributed by atoms with E-state index in [0.717, 1.165) is 55.6 Å². The third-order valence-electron chi connectivity index (χ3n) is 8.71. The average Bonchev–Trinajstić information content (AvgIpc) is 3.68. The zero-order valence-corrected chi connectivity index (χ0v) is 23.8. The molecule has 1 aromatic carbocycles. The van der Waals surface area contributed by atoms with Crippen LogP contribution in [0.1, 0.15) is 30.7 Å². The van der Waals surface area contributed by atoms with Crippen LogP contribution in [0.5, 0.6) is 0 Å². The smallest absolute Gasteiger partial charge is 0.248 e. The van der Waals surface area contributed by atoms with E-state index in [1.54, 1.807) is 29.9 Å². The summed E-state index contributed by atoms with van der Waals surface area (Å²) in [7, 11) is -2.08. The van der Waals surface area contributed by atoms with Crippen LogP contribution in [0.3, 0.4) is 0 Å².